The molecule has 0 aliphatic carbocycles. The van der Waals surface area contributed by atoms with E-state index in [0.29, 0.717) is 6.10 Å². The van der Waals surface area contributed by atoms with Crippen LogP contribution in [0.2, 0.25) is 0 Å². The van der Waals surface area contributed by atoms with Crippen molar-refractivity contribution in [3.8, 4) is 0 Å². The summed E-state index contributed by atoms with van der Waals surface area (Å²) >= 11 is 0. The van der Waals surface area contributed by atoms with Crippen molar-refractivity contribution < 1.29 is 4.74 Å². The molecule has 0 saturated carbocycles. The highest BCUT2D eigenvalue weighted by molar-refractivity contribution is 4.95. The predicted molar refractivity (Wildman–Crippen MR) is 59.5 cm³/mol. The number of nitrogens with zero attached hydrogens (tertiary/aromatic N) is 1. The summed E-state index contributed by atoms with van der Waals surface area (Å²) in [6, 6.07) is 0. The van der Waals surface area contributed by atoms with Crippen LogP contribution in [0.25, 0.3) is 0 Å². The van der Waals surface area contributed by atoms with Gasteiger partial charge in [0.2, 0.25) is 0 Å². The fraction of sp³-hybridized carbons (Fsp3) is 0.818. The van der Waals surface area contributed by atoms with Gasteiger partial charge in [-0.15, -0.1) is 0 Å². The third-order valence-electron chi connectivity index (χ3n) is 2.41. The molecule has 1 saturated heterocycles. The maximum Gasteiger partial charge on any atom is 0.0826 e. The van der Waals surface area contributed by atoms with Crippen LogP contribution in [0.15, 0.2) is 11.6 Å². The Morgan fingerprint density at radius 2 is 2.36 bits per heavy atom. The van der Waals surface area contributed by atoms with Crippen LogP contribution >= 0.6 is 0 Å². The molecule has 1 rings (SSSR count). The van der Waals surface area contributed by atoms with E-state index in [1.54, 1.807) is 0 Å². The monoisotopic (exact) mass is 198 g/mol. The van der Waals surface area contributed by atoms with E-state index < -0.39 is 0 Å². The first-order chi connectivity index (χ1) is 6.72. The van der Waals surface area contributed by atoms with Gasteiger partial charge in [-0.25, -0.2) is 0 Å². The molecule has 1 aliphatic heterocycles. The van der Waals surface area contributed by atoms with Crippen molar-refractivity contribution in [2.45, 2.75) is 20.0 Å². The Hall–Kier alpha value is -0.380. The molecule has 0 aromatic rings. The van der Waals surface area contributed by atoms with Crippen molar-refractivity contribution in [1.82, 2.24) is 10.2 Å². The fourth-order valence-corrected chi connectivity index (χ4v) is 1.61. The molecular formula is C11H22N2O. The summed E-state index contributed by atoms with van der Waals surface area (Å²) < 4.78 is 5.63. The zero-order valence-corrected chi connectivity index (χ0v) is 9.55. The average molecular weight is 198 g/mol. The predicted octanol–water partition coefficient (Wildman–Crippen LogP) is 0.873. The summed E-state index contributed by atoms with van der Waals surface area (Å²) in [5.41, 5.74) is 1.39. The van der Waals surface area contributed by atoms with Gasteiger partial charge in [-0.05, 0) is 20.9 Å². The zero-order chi connectivity index (χ0) is 10.4. The van der Waals surface area contributed by atoms with Gasteiger partial charge < -0.3 is 10.1 Å². The van der Waals surface area contributed by atoms with Gasteiger partial charge in [0.25, 0.3) is 0 Å². The third kappa shape index (κ3) is 4.22. The number of nitrogens with one attached hydrogen (secondary N) is 1. The van der Waals surface area contributed by atoms with Gasteiger partial charge >= 0.3 is 0 Å². The fourth-order valence-electron chi connectivity index (χ4n) is 1.61. The minimum atomic E-state index is 0.360. The molecule has 1 unspecified atom stereocenters. The average Bonchev–Trinajstić information content (AvgIpc) is 2.16. The highest BCUT2D eigenvalue weighted by atomic mass is 16.5. The molecule has 14 heavy (non-hydrogen) atoms. The van der Waals surface area contributed by atoms with Crippen LogP contribution < -0.4 is 5.32 Å². The van der Waals surface area contributed by atoms with E-state index in [1.807, 2.05) is 7.05 Å². The van der Waals surface area contributed by atoms with Crippen molar-refractivity contribution in [2.24, 2.45) is 0 Å². The molecule has 0 aromatic carbocycles. The lowest BCUT2D eigenvalue weighted by molar-refractivity contribution is -0.0223. The van der Waals surface area contributed by atoms with Gasteiger partial charge in [0.05, 0.1) is 12.7 Å². The summed E-state index contributed by atoms with van der Waals surface area (Å²) in [6.45, 7) is 9.27. The Bertz CT molecular complexity index is 186. The molecule has 0 radical (unpaired) electrons. The Morgan fingerprint density at radius 3 is 3.00 bits per heavy atom. The second kappa shape index (κ2) is 6.17. The van der Waals surface area contributed by atoms with Gasteiger partial charge in [0, 0.05) is 26.2 Å². The van der Waals surface area contributed by atoms with Crippen LogP contribution in [-0.2, 0) is 4.74 Å². The minimum Gasteiger partial charge on any atom is -0.374 e. The van der Waals surface area contributed by atoms with E-state index in [1.165, 1.54) is 5.57 Å². The summed E-state index contributed by atoms with van der Waals surface area (Å²) in [4.78, 5) is 2.44. The second-order valence-corrected chi connectivity index (χ2v) is 4.09. The first kappa shape index (κ1) is 11.7. The maximum absolute atomic E-state index is 5.63. The summed E-state index contributed by atoms with van der Waals surface area (Å²) in [5, 5.41) is 3.16. The third-order valence-corrected chi connectivity index (χ3v) is 2.41. The molecule has 3 heteroatoms. The Morgan fingerprint density at radius 1 is 1.57 bits per heavy atom. The molecule has 0 bridgehead atoms. The van der Waals surface area contributed by atoms with E-state index >= 15 is 0 Å². The SMILES string of the molecule is CNCC1CN(CC=C(C)C)CCO1. The van der Waals surface area contributed by atoms with Crippen molar-refractivity contribution in [1.29, 1.82) is 0 Å². The van der Waals surface area contributed by atoms with E-state index in [2.05, 4.69) is 30.1 Å². The second-order valence-electron chi connectivity index (χ2n) is 4.09. The van der Waals surface area contributed by atoms with Crippen molar-refractivity contribution >= 4 is 0 Å². The molecule has 1 N–H and O–H groups in total. The van der Waals surface area contributed by atoms with Gasteiger partial charge in [-0.1, -0.05) is 11.6 Å². The lowest BCUT2D eigenvalue weighted by Crippen LogP contribution is -2.46. The largest absolute Gasteiger partial charge is 0.374 e. The van der Waals surface area contributed by atoms with Crippen molar-refractivity contribution in [3.05, 3.63) is 11.6 Å². The van der Waals surface area contributed by atoms with E-state index in [9.17, 15) is 0 Å². The van der Waals surface area contributed by atoms with Crippen LogP contribution in [0, 0.1) is 0 Å². The minimum absolute atomic E-state index is 0.360. The van der Waals surface area contributed by atoms with Crippen molar-refractivity contribution in [3.63, 3.8) is 0 Å². The quantitative estimate of drug-likeness (QED) is 0.678. The molecule has 1 aliphatic rings. The molecular weight excluding hydrogens is 176 g/mol. The number of likely N-dealkylation sites (N-methyl/N-ethyl adjacent to an activating group) is 1. The molecule has 3 nitrogen and oxygen atoms in total. The zero-order valence-electron chi connectivity index (χ0n) is 9.55. The maximum atomic E-state index is 5.63. The van der Waals surface area contributed by atoms with Gasteiger partial charge in [0.15, 0.2) is 0 Å². The Labute approximate surface area is 87.1 Å². The first-order valence-electron chi connectivity index (χ1n) is 5.34. The number of ether oxygens (including phenoxy) is 1. The number of morpholine rings is 1. The van der Waals surface area contributed by atoms with E-state index in [-0.39, 0.29) is 0 Å². The molecule has 0 spiro atoms. The summed E-state index contributed by atoms with van der Waals surface area (Å²) in [7, 11) is 1.97. The highest BCUT2D eigenvalue weighted by Gasteiger charge is 2.18. The molecule has 0 aromatic heterocycles. The Kier molecular flexibility index (Phi) is 5.15. The summed E-state index contributed by atoms with van der Waals surface area (Å²) in [5.74, 6) is 0. The molecule has 1 atom stereocenters. The number of hydrogen-bond donors (Lipinski definition) is 1. The standard InChI is InChI=1S/C11H22N2O/c1-10(2)4-5-13-6-7-14-11(9-13)8-12-3/h4,11-12H,5-9H2,1-3H3. The topological polar surface area (TPSA) is 24.5 Å². The Balaban J connectivity index is 2.29. The molecule has 1 fully saturated rings. The number of allylic oxidation sites excluding steroid dienone is 1. The van der Waals surface area contributed by atoms with E-state index in [4.69, 9.17) is 4.74 Å². The molecule has 82 valence electrons. The van der Waals surface area contributed by atoms with Crippen molar-refractivity contribution in [2.75, 3.05) is 39.8 Å². The van der Waals surface area contributed by atoms with E-state index in [0.717, 1.165) is 32.8 Å². The van der Waals surface area contributed by atoms with Crippen LogP contribution in [0.4, 0.5) is 0 Å². The lowest BCUT2D eigenvalue weighted by Gasteiger charge is -2.32. The first-order valence-corrected chi connectivity index (χ1v) is 5.34. The van der Waals surface area contributed by atoms with Gasteiger partial charge in [-0.2, -0.15) is 0 Å². The van der Waals surface area contributed by atoms with Crippen LogP contribution in [0.1, 0.15) is 13.8 Å². The summed E-state index contributed by atoms with van der Waals surface area (Å²) in [6.07, 6.45) is 2.64. The highest BCUT2D eigenvalue weighted by Crippen LogP contribution is 2.04. The smallest absolute Gasteiger partial charge is 0.0826 e. The van der Waals surface area contributed by atoms with Crippen LogP contribution in [0.5, 0.6) is 0 Å². The number of rotatable bonds is 4. The van der Waals surface area contributed by atoms with Gasteiger partial charge in [0.1, 0.15) is 0 Å². The van der Waals surface area contributed by atoms with Crippen LogP contribution in [0.3, 0.4) is 0 Å². The molecule has 1 heterocycles. The van der Waals surface area contributed by atoms with Crippen LogP contribution in [-0.4, -0.2) is 50.8 Å². The van der Waals surface area contributed by atoms with Gasteiger partial charge in [-0.3, -0.25) is 4.90 Å². The normalized spacial score (nSPS) is 23.5. The number of hydrogen-bond acceptors (Lipinski definition) is 3. The lowest BCUT2D eigenvalue weighted by atomic mass is 10.2. The molecule has 0 amide bonds.